The van der Waals surface area contributed by atoms with Gasteiger partial charge in [-0.15, -0.1) is 6.58 Å². The highest BCUT2D eigenvalue weighted by Crippen LogP contribution is 2.38. The Kier molecular flexibility index (Phi) is 8.94. The summed E-state index contributed by atoms with van der Waals surface area (Å²) in [6, 6.07) is 13.2. The average Bonchev–Trinajstić information content (AvgIpc) is 3.09. The predicted octanol–water partition coefficient (Wildman–Crippen LogP) is 6.10. The van der Waals surface area contributed by atoms with Crippen molar-refractivity contribution < 1.29 is 19.1 Å². The van der Waals surface area contributed by atoms with E-state index < -0.39 is 0 Å². The maximum absolute atomic E-state index is 12.8. The fourth-order valence-electron chi connectivity index (χ4n) is 3.57. The lowest BCUT2D eigenvalue weighted by Crippen LogP contribution is -2.29. The van der Waals surface area contributed by atoms with Crippen molar-refractivity contribution in [2.24, 2.45) is 0 Å². The zero-order chi connectivity index (χ0) is 24.5. The number of thioether (sulfide) groups is 1. The summed E-state index contributed by atoms with van der Waals surface area (Å²) in [6.45, 7) is 8.82. The van der Waals surface area contributed by atoms with Crippen molar-refractivity contribution in [2.75, 3.05) is 13.2 Å². The van der Waals surface area contributed by atoms with E-state index >= 15 is 0 Å². The first kappa shape index (κ1) is 25.1. The van der Waals surface area contributed by atoms with Gasteiger partial charge in [0.2, 0.25) is 0 Å². The van der Waals surface area contributed by atoms with Gasteiger partial charge in [0.1, 0.15) is 6.61 Å². The number of carbonyl (C=O) groups is 2. The molecule has 7 heteroatoms. The van der Waals surface area contributed by atoms with Crippen LogP contribution in [0.3, 0.4) is 0 Å². The van der Waals surface area contributed by atoms with Crippen LogP contribution in [-0.4, -0.2) is 29.2 Å². The highest BCUT2D eigenvalue weighted by atomic mass is 32.2. The minimum Gasteiger partial charge on any atom is -0.490 e. The number of allylic oxidation sites excluding steroid dienone is 1. The van der Waals surface area contributed by atoms with Gasteiger partial charge in [-0.25, -0.2) is 0 Å². The van der Waals surface area contributed by atoms with E-state index in [1.54, 1.807) is 18.2 Å². The van der Waals surface area contributed by atoms with Crippen LogP contribution in [0.1, 0.15) is 48.9 Å². The Morgan fingerprint density at radius 1 is 1.15 bits per heavy atom. The van der Waals surface area contributed by atoms with Gasteiger partial charge in [-0.3, -0.25) is 14.5 Å². The van der Waals surface area contributed by atoms with Crippen LogP contribution in [-0.2, 0) is 17.8 Å². The summed E-state index contributed by atoms with van der Waals surface area (Å²) in [5, 5.41) is 9.13. The monoisotopic (exact) mass is 476 g/mol. The SMILES string of the molecule is C=CCc1cc(/C=C2\SC(=O)N(CCCC)C2=O)cc(OCC)c1OCc1ccccc1C#N. The number of amides is 2. The molecule has 0 atom stereocenters. The summed E-state index contributed by atoms with van der Waals surface area (Å²) in [7, 11) is 0. The van der Waals surface area contributed by atoms with Crippen LogP contribution in [0, 0.1) is 11.3 Å². The molecule has 1 aliphatic heterocycles. The molecule has 6 nitrogen and oxygen atoms in total. The lowest BCUT2D eigenvalue weighted by Gasteiger charge is -2.17. The van der Waals surface area contributed by atoms with Gasteiger partial charge in [0.05, 0.1) is 23.1 Å². The Bertz CT molecular complexity index is 1150. The smallest absolute Gasteiger partial charge is 0.293 e. The first-order chi connectivity index (χ1) is 16.5. The normalized spacial score (nSPS) is 14.4. The predicted molar refractivity (Wildman–Crippen MR) is 135 cm³/mol. The summed E-state index contributed by atoms with van der Waals surface area (Å²) < 4.78 is 12.0. The average molecular weight is 477 g/mol. The summed E-state index contributed by atoms with van der Waals surface area (Å²) in [5.41, 5.74) is 2.92. The van der Waals surface area contributed by atoms with Crippen LogP contribution in [0.2, 0.25) is 0 Å². The van der Waals surface area contributed by atoms with Crippen molar-refractivity contribution in [1.29, 1.82) is 5.26 Å². The fourth-order valence-corrected chi connectivity index (χ4v) is 4.43. The van der Waals surface area contributed by atoms with Gasteiger partial charge in [-0.05, 0) is 61.4 Å². The Hall–Kier alpha value is -3.50. The Labute approximate surface area is 204 Å². The number of carbonyl (C=O) groups excluding carboxylic acids is 2. The van der Waals surface area contributed by atoms with E-state index in [0.717, 1.165) is 41.3 Å². The molecule has 1 aliphatic rings. The topological polar surface area (TPSA) is 79.6 Å². The van der Waals surface area contributed by atoms with E-state index in [0.29, 0.717) is 41.5 Å². The Morgan fingerprint density at radius 2 is 1.94 bits per heavy atom. The number of hydrogen-bond donors (Lipinski definition) is 0. The maximum atomic E-state index is 12.8. The molecule has 1 saturated heterocycles. The summed E-state index contributed by atoms with van der Waals surface area (Å²) >= 11 is 0.957. The van der Waals surface area contributed by atoms with Crippen LogP contribution >= 0.6 is 11.8 Å². The maximum Gasteiger partial charge on any atom is 0.293 e. The third-order valence-corrected chi connectivity index (χ3v) is 6.14. The first-order valence-corrected chi connectivity index (χ1v) is 12.1. The van der Waals surface area contributed by atoms with Gasteiger partial charge in [-0.2, -0.15) is 5.26 Å². The van der Waals surface area contributed by atoms with E-state index in [1.165, 1.54) is 4.90 Å². The number of imide groups is 1. The minimum atomic E-state index is -0.264. The molecule has 0 unspecified atom stereocenters. The van der Waals surface area contributed by atoms with Crippen molar-refractivity contribution in [3.8, 4) is 17.6 Å². The second-order valence-electron chi connectivity index (χ2n) is 7.68. The zero-order valence-electron chi connectivity index (χ0n) is 19.5. The third-order valence-electron chi connectivity index (χ3n) is 5.23. The molecule has 2 aromatic rings. The molecule has 0 aliphatic carbocycles. The van der Waals surface area contributed by atoms with Crippen LogP contribution in [0.5, 0.6) is 11.5 Å². The second-order valence-corrected chi connectivity index (χ2v) is 8.67. The zero-order valence-corrected chi connectivity index (χ0v) is 20.3. The number of rotatable bonds is 11. The van der Waals surface area contributed by atoms with Crippen LogP contribution in [0.15, 0.2) is 54.0 Å². The van der Waals surface area contributed by atoms with Gasteiger partial charge in [0, 0.05) is 17.7 Å². The number of nitrogens with zero attached hydrogens (tertiary/aromatic N) is 2. The van der Waals surface area contributed by atoms with E-state index in [4.69, 9.17) is 9.47 Å². The lowest BCUT2D eigenvalue weighted by atomic mass is 10.0. The van der Waals surface area contributed by atoms with E-state index in [1.807, 2.05) is 44.2 Å². The molecule has 2 aromatic carbocycles. The van der Waals surface area contributed by atoms with Gasteiger partial charge in [0.25, 0.3) is 11.1 Å². The molecule has 176 valence electrons. The van der Waals surface area contributed by atoms with Crippen molar-refractivity contribution in [3.63, 3.8) is 0 Å². The molecule has 0 N–H and O–H groups in total. The first-order valence-electron chi connectivity index (χ1n) is 11.3. The molecule has 0 aromatic heterocycles. The molecule has 1 heterocycles. The Morgan fingerprint density at radius 3 is 2.65 bits per heavy atom. The Balaban J connectivity index is 1.94. The minimum absolute atomic E-state index is 0.212. The van der Waals surface area contributed by atoms with Crippen molar-refractivity contribution in [1.82, 2.24) is 4.90 Å². The quantitative estimate of drug-likeness (QED) is 0.288. The molecule has 3 rings (SSSR count). The highest BCUT2D eigenvalue weighted by molar-refractivity contribution is 8.18. The van der Waals surface area contributed by atoms with Crippen molar-refractivity contribution in [2.45, 2.75) is 39.7 Å². The van der Waals surface area contributed by atoms with E-state index in [-0.39, 0.29) is 17.8 Å². The van der Waals surface area contributed by atoms with Crippen molar-refractivity contribution >= 4 is 29.0 Å². The summed E-state index contributed by atoms with van der Waals surface area (Å²) in [5.74, 6) is 0.843. The molecule has 2 amide bonds. The molecule has 0 bridgehead atoms. The summed E-state index contributed by atoms with van der Waals surface area (Å²) in [4.78, 5) is 26.8. The van der Waals surface area contributed by atoms with Crippen molar-refractivity contribution in [3.05, 3.63) is 76.2 Å². The number of benzene rings is 2. The van der Waals surface area contributed by atoms with Crippen LogP contribution < -0.4 is 9.47 Å². The van der Waals surface area contributed by atoms with E-state index in [9.17, 15) is 14.9 Å². The molecule has 34 heavy (non-hydrogen) atoms. The molecule has 0 spiro atoms. The lowest BCUT2D eigenvalue weighted by molar-refractivity contribution is -0.122. The number of nitriles is 1. The molecular weight excluding hydrogens is 448 g/mol. The van der Waals surface area contributed by atoms with Gasteiger partial charge < -0.3 is 9.47 Å². The molecule has 0 radical (unpaired) electrons. The van der Waals surface area contributed by atoms with Gasteiger partial charge >= 0.3 is 0 Å². The van der Waals surface area contributed by atoms with Crippen LogP contribution in [0.4, 0.5) is 4.79 Å². The highest BCUT2D eigenvalue weighted by Gasteiger charge is 2.34. The largest absolute Gasteiger partial charge is 0.490 e. The number of unbranched alkanes of at least 4 members (excludes halogenated alkanes) is 1. The second kappa shape index (κ2) is 12.1. The van der Waals surface area contributed by atoms with Crippen LogP contribution in [0.25, 0.3) is 6.08 Å². The number of ether oxygens (including phenoxy) is 2. The standard InChI is InChI=1S/C27H28N2O4S/c1-4-7-13-29-26(30)24(34-27(29)31)16-19-14-20(10-5-2)25(23(15-19)32-6-3)33-18-22-12-9-8-11-21(22)17-28/h5,8-9,11-12,14-16H,2,4,6-7,10,13,18H2,1,3H3/b24-16-. The molecule has 0 saturated carbocycles. The van der Waals surface area contributed by atoms with E-state index in [2.05, 4.69) is 12.6 Å². The fraction of sp³-hybridized carbons (Fsp3) is 0.296. The van der Waals surface area contributed by atoms with Gasteiger partial charge in [0.15, 0.2) is 11.5 Å². The molecule has 1 fully saturated rings. The molecular formula is C27H28N2O4S. The number of hydrogen-bond acceptors (Lipinski definition) is 6. The summed E-state index contributed by atoms with van der Waals surface area (Å²) in [6.07, 6.45) is 5.70. The van der Waals surface area contributed by atoms with Gasteiger partial charge in [-0.1, -0.05) is 37.6 Å². The third kappa shape index (κ3) is 5.89.